The molecule has 2 unspecified atom stereocenters. The summed E-state index contributed by atoms with van der Waals surface area (Å²) < 4.78 is 0. The Morgan fingerprint density at radius 1 is 1.26 bits per heavy atom. The van der Waals surface area contributed by atoms with Crippen LogP contribution in [0.5, 0.6) is 0 Å². The van der Waals surface area contributed by atoms with Crippen molar-refractivity contribution >= 4 is 10.9 Å². The van der Waals surface area contributed by atoms with E-state index in [0.29, 0.717) is 6.04 Å². The van der Waals surface area contributed by atoms with Gasteiger partial charge in [0.25, 0.3) is 0 Å². The van der Waals surface area contributed by atoms with E-state index >= 15 is 0 Å². The maximum absolute atomic E-state index is 4.45. The van der Waals surface area contributed by atoms with Crippen molar-refractivity contribution in [1.82, 2.24) is 10.3 Å². The zero-order chi connectivity index (χ0) is 13.2. The molecule has 1 fully saturated rings. The lowest BCUT2D eigenvalue weighted by Gasteiger charge is -2.24. The molecule has 0 spiro atoms. The SMILES string of the molecule is CNC(Cc1ccnc2ccccc12)C(C)C1CC1. The molecule has 0 radical (unpaired) electrons. The molecular formula is C17H22N2. The van der Waals surface area contributed by atoms with Gasteiger partial charge in [0.05, 0.1) is 5.52 Å². The summed E-state index contributed by atoms with van der Waals surface area (Å²) in [7, 11) is 2.09. The number of para-hydroxylation sites is 1. The second-order valence-corrected chi connectivity index (χ2v) is 5.78. The minimum atomic E-state index is 0.568. The Kier molecular flexibility index (Phi) is 3.52. The zero-order valence-electron chi connectivity index (χ0n) is 11.8. The highest BCUT2D eigenvalue weighted by atomic mass is 14.9. The molecule has 2 nitrogen and oxygen atoms in total. The van der Waals surface area contributed by atoms with Crippen molar-refractivity contribution in [2.45, 2.75) is 32.2 Å². The van der Waals surface area contributed by atoms with Crippen LogP contribution in [0.2, 0.25) is 0 Å². The van der Waals surface area contributed by atoms with Crippen LogP contribution in [0, 0.1) is 11.8 Å². The van der Waals surface area contributed by atoms with E-state index in [-0.39, 0.29) is 0 Å². The molecule has 1 aromatic heterocycles. The van der Waals surface area contributed by atoms with E-state index in [1.165, 1.54) is 23.8 Å². The van der Waals surface area contributed by atoms with Crippen LogP contribution < -0.4 is 5.32 Å². The molecule has 0 saturated heterocycles. The lowest BCUT2D eigenvalue weighted by molar-refractivity contribution is 0.358. The molecule has 3 rings (SSSR count). The second kappa shape index (κ2) is 5.30. The molecule has 1 aliphatic rings. The number of rotatable bonds is 5. The van der Waals surface area contributed by atoms with E-state index in [4.69, 9.17) is 0 Å². The molecular weight excluding hydrogens is 232 g/mol. The Morgan fingerprint density at radius 2 is 2.05 bits per heavy atom. The van der Waals surface area contributed by atoms with Crippen LogP contribution in [0.1, 0.15) is 25.3 Å². The third-order valence-corrected chi connectivity index (χ3v) is 4.55. The third-order valence-electron chi connectivity index (χ3n) is 4.55. The van der Waals surface area contributed by atoms with E-state index in [9.17, 15) is 0 Å². The average Bonchev–Trinajstić information content (AvgIpc) is 3.28. The molecule has 2 heteroatoms. The largest absolute Gasteiger partial charge is 0.316 e. The molecule has 1 aliphatic carbocycles. The van der Waals surface area contributed by atoms with E-state index in [1.807, 2.05) is 6.20 Å². The van der Waals surface area contributed by atoms with Crippen molar-refractivity contribution in [3.05, 3.63) is 42.1 Å². The van der Waals surface area contributed by atoms with Gasteiger partial charge in [-0.2, -0.15) is 0 Å². The molecule has 2 atom stereocenters. The smallest absolute Gasteiger partial charge is 0.0704 e. The Bertz CT molecular complexity index is 555. The van der Waals surface area contributed by atoms with Gasteiger partial charge in [0.15, 0.2) is 0 Å². The first kappa shape index (κ1) is 12.6. The minimum absolute atomic E-state index is 0.568. The summed E-state index contributed by atoms with van der Waals surface area (Å²) in [6.45, 7) is 2.39. The third kappa shape index (κ3) is 2.64. The summed E-state index contributed by atoms with van der Waals surface area (Å²) in [5.41, 5.74) is 2.52. The molecule has 2 aromatic rings. The Labute approximate surface area is 115 Å². The van der Waals surface area contributed by atoms with Gasteiger partial charge in [0.1, 0.15) is 0 Å². The quantitative estimate of drug-likeness (QED) is 0.884. The van der Waals surface area contributed by atoms with Crippen molar-refractivity contribution < 1.29 is 0 Å². The highest BCUT2D eigenvalue weighted by Gasteiger charge is 2.32. The minimum Gasteiger partial charge on any atom is -0.316 e. The van der Waals surface area contributed by atoms with Gasteiger partial charge in [0, 0.05) is 17.6 Å². The highest BCUT2D eigenvalue weighted by molar-refractivity contribution is 5.81. The zero-order valence-corrected chi connectivity index (χ0v) is 11.8. The van der Waals surface area contributed by atoms with Gasteiger partial charge < -0.3 is 5.32 Å². The average molecular weight is 254 g/mol. The van der Waals surface area contributed by atoms with Crippen LogP contribution in [-0.4, -0.2) is 18.1 Å². The van der Waals surface area contributed by atoms with Gasteiger partial charge in [-0.1, -0.05) is 25.1 Å². The lowest BCUT2D eigenvalue weighted by Crippen LogP contribution is -2.35. The molecule has 0 bridgehead atoms. The number of nitrogens with zero attached hydrogens (tertiary/aromatic N) is 1. The number of fused-ring (bicyclic) bond motifs is 1. The van der Waals surface area contributed by atoms with E-state index in [2.05, 4.69) is 54.6 Å². The summed E-state index contributed by atoms with van der Waals surface area (Å²) in [5, 5.41) is 4.82. The fourth-order valence-corrected chi connectivity index (χ4v) is 3.07. The van der Waals surface area contributed by atoms with Crippen molar-refractivity contribution in [3.63, 3.8) is 0 Å². The van der Waals surface area contributed by atoms with Crippen LogP contribution in [0.3, 0.4) is 0 Å². The fourth-order valence-electron chi connectivity index (χ4n) is 3.07. The Morgan fingerprint density at radius 3 is 2.79 bits per heavy atom. The molecule has 1 N–H and O–H groups in total. The first-order valence-corrected chi connectivity index (χ1v) is 7.29. The highest BCUT2D eigenvalue weighted by Crippen LogP contribution is 2.39. The Hall–Kier alpha value is -1.41. The van der Waals surface area contributed by atoms with E-state index in [1.54, 1.807) is 0 Å². The fraction of sp³-hybridized carbons (Fsp3) is 0.471. The number of hydrogen-bond donors (Lipinski definition) is 1. The van der Waals surface area contributed by atoms with E-state index in [0.717, 1.165) is 23.8 Å². The van der Waals surface area contributed by atoms with Gasteiger partial charge >= 0.3 is 0 Å². The summed E-state index contributed by atoms with van der Waals surface area (Å²) >= 11 is 0. The Balaban J connectivity index is 1.87. The van der Waals surface area contributed by atoms with Gasteiger partial charge in [0.2, 0.25) is 0 Å². The number of likely N-dealkylation sites (N-methyl/N-ethyl adjacent to an activating group) is 1. The van der Waals surface area contributed by atoms with Crippen molar-refractivity contribution in [1.29, 1.82) is 0 Å². The van der Waals surface area contributed by atoms with Crippen LogP contribution in [-0.2, 0) is 6.42 Å². The molecule has 1 heterocycles. The van der Waals surface area contributed by atoms with Crippen LogP contribution in [0.25, 0.3) is 10.9 Å². The predicted molar refractivity (Wildman–Crippen MR) is 80.2 cm³/mol. The van der Waals surface area contributed by atoms with Crippen molar-refractivity contribution in [3.8, 4) is 0 Å². The molecule has 19 heavy (non-hydrogen) atoms. The number of benzene rings is 1. The summed E-state index contributed by atoms with van der Waals surface area (Å²) in [4.78, 5) is 4.45. The number of aromatic nitrogens is 1. The standard InChI is InChI=1S/C17H22N2/c1-12(13-7-8-13)17(18-2)11-14-9-10-19-16-6-4-3-5-15(14)16/h3-6,9-10,12-13,17-18H,7-8,11H2,1-2H3. The van der Waals surface area contributed by atoms with Gasteiger partial charge in [-0.3, -0.25) is 4.98 Å². The number of pyridine rings is 1. The second-order valence-electron chi connectivity index (χ2n) is 5.78. The molecule has 0 amide bonds. The van der Waals surface area contributed by atoms with Crippen molar-refractivity contribution in [2.24, 2.45) is 11.8 Å². The lowest BCUT2D eigenvalue weighted by atomic mass is 9.90. The normalized spacial score (nSPS) is 18.4. The van der Waals surface area contributed by atoms with Gasteiger partial charge in [-0.05, 0) is 55.8 Å². The topological polar surface area (TPSA) is 24.9 Å². The molecule has 1 saturated carbocycles. The molecule has 100 valence electrons. The monoisotopic (exact) mass is 254 g/mol. The van der Waals surface area contributed by atoms with Gasteiger partial charge in [-0.15, -0.1) is 0 Å². The first-order valence-electron chi connectivity index (χ1n) is 7.29. The summed E-state index contributed by atoms with van der Waals surface area (Å²) in [5.74, 6) is 1.70. The van der Waals surface area contributed by atoms with E-state index < -0.39 is 0 Å². The van der Waals surface area contributed by atoms with Crippen molar-refractivity contribution in [2.75, 3.05) is 7.05 Å². The summed E-state index contributed by atoms with van der Waals surface area (Å²) in [6.07, 6.45) is 5.86. The number of nitrogens with one attached hydrogen (secondary N) is 1. The molecule has 1 aromatic carbocycles. The van der Waals surface area contributed by atoms with Crippen LogP contribution >= 0.6 is 0 Å². The molecule has 0 aliphatic heterocycles. The maximum atomic E-state index is 4.45. The van der Waals surface area contributed by atoms with Crippen LogP contribution in [0.15, 0.2) is 36.5 Å². The number of hydrogen-bond acceptors (Lipinski definition) is 2. The van der Waals surface area contributed by atoms with Gasteiger partial charge in [-0.25, -0.2) is 0 Å². The first-order chi connectivity index (χ1) is 9.29. The summed E-state index contributed by atoms with van der Waals surface area (Å²) in [6, 6.07) is 11.2. The van der Waals surface area contributed by atoms with Crippen LogP contribution in [0.4, 0.5) is 0 Å². The maximum Gasteiger partial charge on any atom is 0.0704 e. The predicted octanol–water partition coefficient (Wildman–Crippen LogP) is 3.41.